The molecule has 1 unspecified atom stereocenters. The lowest BCUT2D eigenvalue weighted by atomic mass is 9.93. The third-order valence-corrected chi connectivity index (χ3v) is 2.57. The van der Waals surface area contributed by atoms with Crippen LogP contribution >= 0.6 is 0 Å². The van der Waals surface area contributed by atoms with Crippen LogP contribution in [0.2, 0.25) is 0 Å². The van der Waals surface area contributed by atoms with Gasteiger partial charge in [0.25, 0.3) is 0 Å². The zero-order valence-corrected chi connectivity index (χ0v) is 9.35. The minimum atomic E-state index is -1.45. The van der Waals surface area contributed by atoms with Gasteiger partial charge >= 0.3 is 0 Å². The normalized spacial score (nSPS) is 14.0. The Bertz CT molecular complexity index is 342. The van der Waals surface area contributed by atoms with Crippen LogP contribution in [0.25, 0.3) is 0 Å². The molecule has 0 fully saturated rings. The van der Waals surface area contributed by atoms with E-state index >= 15 is 0 Å². The second kappa shape index (κ2) is 4.27. The second-order valence-electron chi connectivity index (χ2n) is 4.35. The molecule has 0 radical (unpaired) electrons. The lowest BCUT2D eigenvalue weighted by molar-refractivity contribution is 0.221. The van der Waals surface area contributed by atoms with E-state index in [2.05, 4.69) is 0 Å². The smallest absolute Gasteiger partial charge is 0.130 e. The van der Waals surface area contributed by atoms with Crippen LogP contribution in [0.4, 0.5) is 8.78 Å². The molecular weight excluding hydrogens is 196 g/mol. The zero-order chi connectivity index (χ0) is 11.6. The van der Waals surface area contributed by atoms with Gasteiger partial charge in [0, 0.05) is 0 Å². The molecule has 1 aromatic rings. The number of alkyl halides is 1. The topological polar surface area (TPSA) is 26.0 Å². The molecule has 0 aliphatic rings. The van der Waals surface area contributed by atoms with Crippen LogP contribution in [0, 0.1) is 5.82 Å². The maximum absolute atomic E-state index is 13.6. The van der Waals surface area contributed by atoms with Crippen LogP contribution < -0.4 is 5.73 Å². The van der Waals surface area contributed by atoms with Gasteiger partial charge in [0.15, 0.2) is 0 Å². The van der Waals surface area contributed by atoms with Crippen molar-refractivity contribution in [3.8, 4) is 0 Å². The van der Waals surface area contributed by atoms with Crippen LogP contribution in [-0.4, -0.2) is 6.54 Å². The lowest BCUT2D eigenvalue weighted by Gasteiger charge is -2.18. The highest BCUT2D eigenvalue weighted by atomic mass is 19.1. The molecular formula is C12H17F2N. The molecule has 3 heteroatoms. The Labute approximate surface area is 89.3 Å². The van der Waals surface area contributed by atoms with Gasteiger partial charge in [-0.3, -0.25) is 0 Å². The van der Waals surface area contributed by atoms with Crippen molar-refractivity contribution < 1.29 is 8.78 Å². The van der Waals surface area contributed by atoms with E-state index in [4.69, 9.17) is 5.73 Å². The summed E-state index contributed by atoms with van der Waals surface area (Å²) in [5.41, 5.74) is 5.00. The molecule has 0 saturated carbocycles. The lowest BCUT2D eigenvalue weighted by Crippen LogP contribution is -2.14. The van der Waals surface area contributed by atoms with Gasteiger partial charge in [-0.25, -0.2) is 8.78 Å². The number of nitrogens with two attached hydrogens (primary N) is 1. The van der Waals surface area contributed by atoms with Gasteiger partial charge < -0.3 is 5.73 Å². The van der Waals surface area contributed by atoms with Gasteiger partial charge in [0.05, 0.1) is 0 Å². The predicted molar refractivity (Wildman–Crippen MR) is 58.0 cm³/mol. The molecule has 0 heterocycles. The molecule has 1 atom stereocenters. The zero-order valence-electron chi connectivity index (χ0n) is 9.35. The first kappa shape index (κ1) is 12.1. The Morgan fingerprint density at radius 1 is 1.40 bits per heavy atom. The van der Waals surface area contributed by atoms with Gasteiger partial charge in [0.1, 0.15) is 11.5 Å². The molecule has 0 amide bonds. The summed E-state index contributed by atoms with van der Waals surface area (Å²) in [6, 6.07) is 4.34. The van der Waals surface area contributed by atoms with Crippen molar-refractivity contribution in [2.24, 2.45) is 5.73 Å². The largest absolute Gasteiger partial charge is 0.330 e. The van der Waals surface area contributed by atoms with Crippen molar-refractivity contribution in [2.75, 3.05) is 6.54 Å². The molecule has 1 nitrogen and oxygen atoms in total. The minimum Gasteiger partial charge on any atom is -0.330 e. The van der Waals surface area contributed by atoms with E-state index in [1.807, 2.05) is 6.92 Å². The summed E-state index contributed by atoms with van der Waals surface area (Å²) in [7, 11) is 0. The van der Waals surface area contributed by atoms with E-state index in [0.29, 0.717) is 17.7 Å². The second-order valence-corrected chi connectivity index (χ2v) is 4.35. The van der Waals surface area contributed by atoms with Crippen LogP contribution in [0.15, 0.2) is 18.2 Å². The van der Waals surface area contributed by atoms with E-state index in [-0.39, 0.29) is 11.7 Å². The maximum Gasteiger partial charge on any atom is 0.130 e. The van der Waals surface area contributed by atoms with Gasteiger partial charge in [-0.05, 0) is 49.6 Å². The molecule has 0 aliphatic heterocycles. The van der Waals surface area contributed by atoms with Crippen LogP contribution in [0.5, 0.6) is 0 Å². The van der Waals surface area contributed by atoms with E-state index in [0.717, 1.165) is 0 Å². The Morgan fingerprint density at radius 3 is 2.47 bits per heavy atom. The van der Waals surface area contributed by atoms with Gasteiger partial charge in [-0.2, -0.15) is 0 Å². The molecule has 0 aromatic heterocycles. The number of halogens is 2. The van der Waals surface area contributed by atoms with E-state index in [9.17, 15) is 8.78 Å². The van der Waals surface area contributed by atoms with Crippen molar-refractivity contribution in [3.63, 3.8) is 0 Å². The Kier molecular flexibility index (Phi) is 3.45. The quantitative estimate of drug-likeness (QED) is 0.820. The third kappa shape index (κ3) is 2.75. The molecule has 2 N–H and O–H groups in total. The fourth-order valence-corrected chi connectivity index (χ4v) is 1.42. The third-order valence-electron chi connectivity index (χ3n) is 2.57. The first-order valence-corrected chi connectivity index (χ1v) is 5.05. The predicted octanol–water partition coefficient (Wildman–Crippen LogP) is 3.09. The first-order chi connectivity index (χ1) is 6.86. The molecule has 1 rings (SSSR count). The average molecular weight is 213 g/mol. The fourth-order valence-electron chi connectivity index (χ4n) is 1.42. The highest BCUT2D eigenvalue weighted by Crippen LogP contribution is 2.28. The van der Waals surface area contributed by atoms with E-state index in [1.54, 1.807) is 6.07 Å². The summed E-state index contributed by atoms with van der Waals surface area (Å²) in [4.78, 5) is 0. The summed E-state index contributed by atoms with van der Waals surface area (Å²) in [6.07, 6.45) is 0. The Morgan fingerprint density at radius 2 is 2.00 bits per heavy atom. The van der Waals surface area contributed by atoms with Gasteiger partial charge in [-0.15, -0.1) is 0 Å². The van der Waals surface area contributed by atoms with Crippen molar-refractivity contribution in [1.82, 2.24) is 0 Å². The van der Waals surface area contributed by atoms with Gasteiger partial charge in [0.2, 0.25) is 0 Å². The van der Waals surface area contributed by atoms with Crippen LogP contribution in [-0.2, 0) is 5.67 Å². The Balaban J connectivity index is 3.17. The van der Waals surface area contributed by atoms with Crippen LogP contribution in [0.3, 0.4) is 0 Å². The molecule has 0 spiro atoms. The minimum absolute atomic E-state index is 0.0905. The average Bonchev–Trinajstić information content (AvgIpc) is 2.15. The fraction of sp³-hybridized carbons (Fsp3) is 0.500. The molecule has 84 valence electrons. The van der Waals surface area contributed by atoms with Crippen molar-refractivity contribution in [3.05, 3.63) is 35.1 Å². The van der Waals surface area contributed by atoms with Crippen LogP contribution in [0.1, 0.15) is 37.8 Å². The van der Waals surface area contributed by atoms with Crippen molar-refractivity contribution in [2.45, 2.75) is 32.4 Å². The summed E-state index contributed by atoms with van der Waals surface area (Å²) in [6.45, 7) is 5.09. The molecule has 1 aromatic carbocycles. The highest BCUT2D eigenvalue weighted by molar-refractivity contribution is 5.31. The maximum atomic E-state index is 13.6. The first-order valence-electron chi connectivity index (χ1n) is 5.05. The summed E-state index contributed by atoms with van der Waals surface area (Å²) in [5, 5.41) is 0. The van der Waals surface area contributed by atoms with Gasteiger partial charge in [-0.1, -0.05) is 13.0 Å². The summed E-state index contributed by atoms with van der Waals surface area (Å²) in [5.74, 6) is -0.409. The number of hydrogen-bond donors (Lipinski definition) is 1. The standard InChI is InChI=1S/C12H17F2N/c1-8(7-15)10-6-9(12(2,3)14)4-5-11(10)13/h4-6,8H,7,15H2,1-3H3. The summed E-state index contributed by atoms with van der Waals surface area (Å²) < 4.78 is 27.1. The van der Waals surface area contributed by atoms with Crippen molar-refractivity contribution >= 4 is 0 Å². The number of benzene rings is 1. The molecule has 0 bridgehead atoms. The summed E-state index contributed by atoms with van der Waals surface area (Å²) >= 11 is 0. The molecule has 0 aliphatic carbocycles. The van der Waals surface area contributed by atoms with E-state index in [1.165, 1.54) is 26.0 Å². The highest BCUT2D eigenvalue weighted by Gasteiger charge is 2.21. The number of rotatable bonds is 3. The monoisotopic (exact) mass is 213 g/mol. The SMILES string of the molecule is CC(CN)c1cc(C(C)(C)F)ccc1F. The van der Waals surface area contributed by atoms with E-state index < -0.39 is 5.67 Å². The van der Waals surface area contributed by atoms with Crippen molar-refractivity contribution in [1.29, 1.82) is 0 Å². The molecule has 0 saturated heterocycles. The molecule has 15 heavy (non-hydrogen) atoms. The number of hydrogen-bond acceptors (Lipinski definition) is 1. The Hall–Kier alpha value is -0.960.